The SMILES string of the molecule is CCC(C)(C)CNC(C)(CC(C)C)C(=O)NC. The number of amides is 1. The van der Waals surface area contributed by atoms with Crippen LogP contribution >= 0.6 is 0 Å². The lowest BCUT2D eigenvalue weighted by Gasteiger charge is -2.34. The molecule has 0 aromatic carbocycles. The Morgan fingerprint density at radius 3 is 2.12 bits per heavy atom. The van der Waals surface area contributed by atoms with Crippen LogP contribution in [0.3, 0.4) is 0 Å². The third kappa shape index (κ3) is 5.53. The molecule has 0 aliphatic carbocycles. The van der Waals surface area contributed by atoms with Gasteiger partial charge in [0.05, 0.1) is 5.54 Å². The molecule has 2 N–H and O–H groups in total. The molecular formula is C14H30N2O. The molecule has 102 valence electrons. The van der Waals surface area contributed by atoms with E-state index in [1.807, 2.05) is 6.92 Å². The second kappa shape index (κ2) is 6.39. The quantitative estimate of drug-likeness (QED) is 0.720. The van der Waals surface area contributed by atoms with Crippen molar-refractivity contribution in [2.24, 2.45) is 11.3 Å². The van der Waals surface area contributed by atoms with E-state index in [2.05, 4.69) is 45.3 Å². The van der Waals surface area contributed by atoms with Gasteiger partial charge in [-0.05, 0) is 31.1 Å². The van der Waals surface area contributed by atoms with Gasteiger partial charge in [0.1, 0.15) is 0 Å². The van der Waals surface area contributed by atoms with Crippen LogP contribution in [-0.4, -0.2) is 25.0 Å². The van der Waals surface area contributed by atoms with Gasteiger partial charge in [0, 0.05) is 13.6 Å². The first-order valence-electron chi connectivity index (χ1n) is 6.64. The van der Waals surface area contributed by atoms with Crippen molar-refractivity contribution >= 4 is 5.91 Å². The zero-order valence-corrected chi connectivity index (χ0v) is 12.6. The van der Waals surface area contributed by atoms with Crippen LogP contribution < -0.4 is 10.6 Å². The van der Waals surface area contributed by atoms with Gasteiger partial charge in [0.15, 0.2) is 0 Å². The molecule has 0 aromatic rings. The van der Waals surface area contributed by atoms with Crippen molar-refractivity contribution in [3.8, 4) is 0 Å². The number of carbonyl (C=O) groups is 1. The van der Waals surface area contributed by atoms with Gasteiger partial charge in [-0.2, -0.15) is 0 Å². The molecule has 1 unspecified atom stereocenters. The summed E-state index contributed by atoms with van der Waals surface area (Å²) in [6.45, 7) is 13.8. The van der Waals surface area contributed by atoms with Gasteiger partial charge in [0.2, 0.25) is 5.91 Å². The van der Waals surface area contributed by atoms with E-state index in [-0.39, 0.29) is 11.3 Å². The summed E-state index contributed by atoms with van der Waals surface area (Å²) < 4.78 is 0. The molecule has 0 fully saturated rings. The first-order valence-corrected chi connectivity index (χ1v) is 6.64. The number of hydrogen-bond acceptors (Lipinski definition) is 2. The number of likely N-dealkylation sites (N-methyl/N-ethyl adjacent to an activating group) is 1. The Kier molecular flexibility index (Phi) is 6.17. The molecule has 1 atom stereocenters. The zero-order chi connectivity index (χ0) is 13.7. The summed E-state index contributed by atoms with van der Waals surface area (Å²) in [6.07, 6.45) is 1.96. The van der Waals surface area contributed by atoms with Crippen molar-refractivity contribution in [3.63, 3.8) is 0 Å². The molecule has 0 saturated carbocycles. The molecule has 0 rings (SSSR count). The number of carbonyl (C=O) groups excluding carboxylic acids is 1. The maximum Gasteiger partial charge on any atom is 0.239 e. The van der Waals surface area contributed by atoms with E-state index in [9.17, 15) is 4.79 Å². The van der Waals surface area contributed by atoms with Crippen LogP contribution in [0.4, 0.5) is 0 Å². The van der Waals surface area contributed by atoms with Gasteiger partial charge in [-0.1, -0.05) is 34.6 Å². The van der Waals surface area contributed by atoms with E-state index in [4.69, 9.17) is 0 Å². The van der Waals surface area contributed by atoms with Crippen molar-refractivity contribution in [1.82, 2.24) is 10.6 Å². The summed E-state index contributed by atoms with van der Waals surface area (Å²) in [4.78, 5) is 12.0. The topological polar surface area (TPSA) is 41.1 Å². The Bertz CT molecular complexity index is 249. The summed E-state index contributed by atoms with van der Waals surface area (Å²) in [5.74, 6) is 0.577. The highest BCUT2D eigenvalue weighted by Crippen LogP contribution is 2.22. The predicted octanol–water partition coefficient (Wildman–Crippen LogP) is 2.56. The van der Waals surface area contributed by atoms with Gasteiger partial charge < -0.3 is 10.6 Å². The Balaban J connectivity index is 4.66. The molecule has 3 nitrogen and oxygen atoms in total. The van der Waals surface area contributed by atoms with E-state index in [1.165, 1.54) is 0 Å². The fourth-order valence-corrected chi connectivity index (χ4v) is 1.90. The molecule has 0 saturated heterocycles. The summed E-state index contributed by atoms with van der Waals surface area (Å²) in [5, 5.41) is 6.22. The first kappa shape index (κ1) is 16.4. The molecule has 1 amide bonds. The Morgan fingerprint density at radius 2 is 1.76 bits per heavy atom. The highest BCUT2D eigenvalue weighted by atomic mass is 16.2. The van der Waals surface area contributed by atoms with Gasteiger partial charge in [-0.15, -0.1) is 0 Å². The van der Waals surface area contributed by atoms with Crippen molar-refractivity contribution < 1.29 is 4.79 Å². The Hall–Kier alpha value is -0.570. The third-order valence-corrected chi connectivity index (χ3v) is 3.46. The number of hydrogen-bond donors (Lipinski definition) is 2. The van der Waals surface area contributed by atoms with Gasteiger partial charge in [-0.3, -0.25) is 4.79 Å². The fourth-order valence-electron chi connectivity index (χ4n) is 1.90. The summed E-state index contributed by atoms with van der Waals surface area (Å²) in [5.41, 5.74) is -0.235. The van der Waals surface area contributed by atoms with Gasteiger partial charge >= 0.3 is 0 Å². The normalized spacial score (nSPS) is 15.8. The molecule has 0 aliphatic rings. The standard InChI is InChI=1S/C14H30N2O/c1-8-13(4,5)10-16-14(6,9-11(2)3)12(17)15-7/h11,16H,8-10H2,1-7H3,(H,15,17). The fraction of sp³-hybridized carbons (Fsp3) is 0.929. The molecule has 0 radical (unpaired) electrons. The third-order valence-electron chi connectivity index (χ3n) is 3.46. The van der Waals surface area contributed by atoms with Crippen LogP contribution in [0.1, 0.15) is 54.4 Å². The second-order valence-electron chi connectivity index (χ2n) is 6.38. The average molecular weight is 242 g/mol. The minimum absolute atomic E-state index is 0.0816. The molecule has 3 heteroatoms. The highest BCUT2D eigenvalue weighted by molar-refractivity contribution is 5.85. The average Bonchev–Trinajstić information content (AvgIpc) is 2.24. The van der Waals surface area contributed by atoms with Crippen molar-refractivity contribution in [2.75, 3.05) is 13.6 Å². The number of rotatable bonds is 7. The molecule has 0 spiro atoms. The Morgan fingerprint density at radius 1 is 1.24 bits per heavy atom. The maximum absolute atomic E-state index is 12.0. The number of nitrogens with one attached hydrogen (secondary N) is 2. The van der Waals surface area contributed by atoms with Gasteiger partial charge in [-0.25, -0.2) is 0 Å². The van der Waals surface area contributed by atoms with Crippen molar-refractivity contribution in [1.29, 1.82) is 0 Å². The van der Waals surface area contributed by atoms with Gasteiger partial charge in [0.25, 0.3) is 0 Å². The van der Waals surface area contributed by atoms with Crippen LogP contribution in [0.2, 0.25) is 0 Å². The summed E-state index contributed by atoms with van der Waals surface area (Å²) in [7, 11) is 1.70. The maximum atomic E-state index is 12.0. The van der Waals surface area contributed by atoms with E-state index in [0.717, 1.165) is 19.4 Å². The molecule has 0 aliphatic heterocycles. The predicted molar refractivity (Wildman–Crippen MR) is 74.0 cm³/mol. The highest BCUT2D eigenvalue weighted by Gasteiger charge is 2.34. The van der Waals surface area contributed by atoms with E-state index >= 15 is 0 Å². The summed E-state index contributed by atoms with van der Waals surface area (Å²) >= 11 is 0. The lowest BCUT2D eigenvalue weighted by Crippen LogP contribution is -2.56. The first-order chi connectivity index (χ1) is 7.67. The van der Waals surface area contributed by atoms with Crippen LogP contribution in [0.25, 0.3) is 0 Å². The van der Waals surface area contributed by atoms with Crippen LogP contribution in [0, 0.1) is 11.3 Å². The molecule has 0 aromatic heterocycles. The van der Waals surface area contributed by atoms with Crippen LogP contribution in [0.5, 0.6) is 0 Å². The molecule has 17 heavy (non-hydrogen) atoms. The largest absolute Gasteiger partial charge is 0.358 e. The second-order valence-corrected chi connectivity index (χ2v) is 6.38. The zero-order valence-electron chi connectivity index (χ0n) is 12.6. The monoisotopic (exact) mass is 242 g/mol. The molecule has 0 bridgehead atoms. The Labute approximate surface area is 107 Å². The van der Waals surface area contributed by atoms with E-state index in [0.29, 0.717) is 5.92 Å². The minimum atomic E-state index is -0.463. The lowest BCUT2D eigenvalue weighted by atomic mass is 9.85. The summed E-state index contributed by atoms with van der Waals surface area (Å²) in [6, 6.07) is 0. The van der Waals surface area contributed by atoms with E-state index < -0.39 is 5.54 Å². The van der Waals surface area contributed by atoms with Crippen LogP contribution in [-0.2, 0) is 4.79 Å². The molecular weight excluding hydrogens is 212 g/mol. The minimum Gasteiger partial charge on any atom is -0.358 e. The van der Waals surface area contributed by atoms with Crippen molar-refractivity contribution in [2.45, 2.75) is 59.9 Å². The molecule has 0 heterocycles. The smallest absolute Gasteiger partial charge is 0.239 e. The lowest BCUT2D eigenvalue weighted by molar-refractivity contribution is -0.127. The van der Waals surface area contributed by atoms with E-state index in [1.54, 1.807) is 7.05 Å². The van der Waals surface area contributed by atoms with Crippen LogP contribution in [0.15, 0.2) is 0 Å². The van der Waals surface area contributed by atoms with Crippen molar-refractivity contribution in [3.05, 3.63) is 0 Å².